The van der Waals surface area contributed by atoms with Crippen LogP contribution in [0.15, 0.2) is 48.5 Å². The number of unbranched alkanes of at least 4 members (excludes halogenated alkanes) is 2. The van der Waals surface area contributed by atoms with Crippen molar-refractivity contribution in [2.75, 3.05) is 0 Å². The average molecular weight is 328 g/mol. The molecule has 24 heavy (non-hydrogen) atoms. The first kappa shape index (κ1) is 18.3. The van der Waals surface area contributed by atoms with E-state index < -0.39 is 6.29 Å². The van der Waals surface area contributed by atoms with Crippen molar-refractivity contribution in [1.82, 2.24) is 0 Å². The van der Waals surface area contributed by atoms with Gasteiger partial charge in [0.2, 0.25) is 6.29 Å². The molecule has 2 aromatic carbocycles. The van der Waals surface area contributed by atoms with E-state index in [2.05, 4.69) is 19.1 Å². The number of rotatable bonds is 9. The molecular weight excluding hydrogens is 300 g/mol. The summed E-state index contributed by atoms with van der Waals surface area (Å²) < 4.78 is 11.2. The molecule has 2 aromatic rings. The van der Waals surface area contributed by atoms with Crippen LogP contribution in [0.4, 0.5) is 0 Å². The molecular formula is C21H28O3. The smallest absolute Gasteiger partial charge is 0.224 e. The molecule has 130 valence electrons. The van der Waals surface area contributed by atoms with Crippen LogP contribution in [0.25, 0.3) is 0 Å². The summed E-state index contributed by atoms with van der Waals surface area (Å²) in [6.07, 6.45) is 3.94. The summed E-state index contributed by atoms with van der Waals surface area (Å²) in [5, 5.41) is 10.2. The minimum absolute atomic E-state index is 0.132. The Bertz CT molecular complexity index is 587. The maximum Gasteiger partial charge on any atom is 0.224 e. The summed E-state index contributed by atoms with van der Waals surface area (Å²) in [5.74, 6) is 1.46. The van der Waals surface area contributed by atoms with Crippen molar-refractivity contribution >= 4 is 0 Å². The fraction of sp³-hybridized carbons (Fsp3) is 0.429. The predicted molar refractivity (Wildman–Crippen MR) is 97.5 cm³/mol. The molecule has 3 heteroatoms. The molecule has 0 amide bonds. The lowest BCUT2D eigenvalue weighted by molar-refractivity contribution is -0.0194. The summed E-state index contributed by atoms with van der Waals surface area (Å²) in [6.45, 7) is 6.18. The molecule has 1 N–H and O–H groups in total. The van der Waals surface area contributed by atoms with Crippen molar-refractivity contribution in [2.45, 2.75) is 58.8 Å². The second-order valence-electron chi connectivity index (χ2n) is 6.31. The lowest BCUT2D eigenvalue weighted by atomic mass is 10.1. The zero-order chi connectivity index (χ0) is 17.4. The third-order valence-corrected chi connectivity index (χ3v) is 3.78. The number of hydrogen-bond donors (Lipinski definition) is 1. The van der Waals surface area contributed by atoms with Gasteiger partial charge in [0.05, 0.1) is 6.10 Å². The Labute approximate surface area is 145 Å². The van der Waals surface area contributed by atoms with E-state index in [0.29, 0.717) is 11.3 Å². The highest BCUT2D eigenvalue weighted by Gasteiger charge is 2.10. The molecule has 0 aromatic heterocycles. The van der Waals surface area contributed by atoms with E-state index >= 15 is 0 Å². The maximum absolute atomic E-state index is 10.2. The third-order valence-electron chi connectivity index (χ3n) is 3.78. The van der Waals surface area contributed by atoms with E-state index in [-0.39, 0.29) is 6.10 Å². The van der Waals surface area contributed by atoms with E-state index in [0.717, 1.165) is 12.2 Å². The van der Waals surface area contributed by atoms with Crippen LogP contribution >= 0.6 is 0 Å². The van der Waals surface area contributed by atoms with Gasteiger partial charge in [0.1, 0.15) is 11.5 Å². The standard InChI is InChI=1S/C21H28O3/c1-4-5-6-7-17-8-12-20(13-9-17)24-21(22)18-10-14-19(15-11-18)23-16(2)3/h8-16,21-22H,4-7H2,1-3H3. The normalized spacial score (nSPS) is 12.2. The lowest BCUT2D eigenvalue weighted by Gasteiger charge is -2.15. The minimum atomic E-state index is -0.982. The molecule has 0 bridgehead atoms. The van der Waals surface area contributed by atoms with Gasteiger partial charge in [-0.25, -0.2) is 0 Å². The Morgan fingerprint density at radius 3 is 2.00 bits per heavy atom. The van der Waals surface area contributed by atoms with Gasteiger partial charge in [0, 0.05) is 5.56 Å². The largest absolute Gasteiger partial charge is 0.491 e. The highest BCUT2D eigenvalue weighted by molar-refractivity contribution is 5.30. The van der Waals surface area contributed by atoms with Crippen molar-refractivity contribution in [1.29, 1.82) is 0 Å². The number of aliphatic hydroxyl groups excluding tert-OH is 1. The maximum atomic E-state index is 10.2. The number of benzene rings is 2. The van der Waals surface area contributed by atoms with E-state index in [4.69, 9.17) is 9.47 Å². The molecule has 2 rings (SSSR count). The Morgan fingerprint density at radius 2 is 1.42 bits per heavy atom. The van der Waals surface area contributed by atoms with E-state index in [9.17, 15) is 5.11 Å². The van der Waals surface area contributed by atoms with Crippen LogP contribution in [0.3, 0.4) is 0 Å². The molecule has 0 aliphatic heterocycles. The van der Waals surface area contributed by atoms with E-state index in [1.807, 2.05) is 50.2 Å². The number of aliphatic hydroxyl groups is 1. The van der Waals surface area contributed by atoms with Crippen molar-refractivity contribution in [3.8, 4) is 11.5 Å². The first-order valence-corrected chi connectivity index (χ1v) is 8.78. The molecule has 0 aliphatic rings. The van der Waals surface area contributed by atoms with Crippen LogP contribution in [0.1, 0.15) is 57.5 Å². The topological polar surface area (TPSA) is 38.7 Å². The predicted octanol–water partition coefficient (Wildman–Crippen LogP) is 5.28. The van der Waals surface area contributed by atoms with Crippen LogP contribution in [0.2, 0.25) is 0 Å². The van der Waals surface area contributed by atoms with E-state index in [1.165, 1.54) is 24.8 Å². The summed E-state index contributed by atoms with van der Waals surface area (Å²) >= 11 is 0. The summed E-state index contributed by atoms with van der Waals surface area (Å²) in [7, 11) is 0. The van der Waals surface area contributed by atoms with Crippen molar-refractivity contribution in [2.24, 2.45) is 0 Å². The monoisotopic (exact) mass is 328 g/mol. The Morgan fingerprint density at radius 1 is 0.833 bits per heavy atom. The highest BCUT2D eigenvalue weighted by atomic mass is 16.6. The van der Waals surface area contributed by atoms with Gasteiger partial charge in [-0.05, 0) is 68.7 Å². The van der Waals surface area contributed by atoms with Crippen molar-refractivity contribution < 1.29 is 14.6 Å². The van der Waals surface area contributed by atoms with Gasteiger partial charge in [0.15, 0.2) is 0 Å². The summed E-state index contributed by atoms with van der Waals surface area (Å²) in [6, 6.07) is 15.3. The zero-order valence-electron chi connectivity index (χ0n) is 14.9. The average Bonchev–Trinajstić information content (AvgIpc) is 2.57. The fourth-order valence-electron chi connectivity index (χ4n) is 2.49. The van der Waals surface area contributed by atoms with Crippen LogP contribution < -0.4 is 9.47 Å². The van der Waals surface area contributed by atoms with Gasteiger partial charge in [-0.3, -0.25) is 0 Å². The van der Waals surface area contributed by atoms with Gasteiger partial charge in [-0.2, -0.15) is 0 Å². The number of aryl methyl sites for hydroxylation is 1. The molecule has 0 saturated heterocycles. The molecule has 0 spiro atoms. The SMILES string of the molecule is CCCCCc1ccc(OC(O)c2ccc(OC(C)C)cc2)cc1. The quantitative estimate of drug-likeness (QED) is 0.503. The third kappa shape index (κ3) is 5.89. The van der Waals surface area contributed by atoms with Crippen LogP contribution in [0.5, 0.6) is 11.5 Å². The number of ether oxygens (including phenoxy) is 2. The Balaban J connectivity index is 1.90. The lowest BCUT2D eigenvalue weighted by Crippen LogP contribution is -2.08. The van der Waals surface area contributed by atoms with Gasteiger partial charge in [0.25, 0.3) is 0 Å². The molecule has 3 nitrogen and oxygen atoms in total. The summed E-state index contributed by atoms with van der Waals surface area (Å²) in [5.41, 5.74) is 2.01. The molecule has 1 atom stereocenters. The van der Waals surface area contributed by atoms with Gasteiger partial charge in [-0.1, -0.05) is 31.9 Å². The van der Waals surface area contributed by atoms with Crippen molar-refractivity contribution in [3.05, 3.63) is 59.7 Å². The van der Waals surface area contributed by atoms with Crippen molar-refractivity contribution in [3.63, 3.8) is 0 Å². The second kappa shape index (κ2) is 9.33. The highest BCUT2D eigenvalue weighted by Crippen LogP contribution is 2.23. The van der Waals surface area contributed by atoms with Crippen LogP contribution in [-0.2, 0) is 6.42 Å². The summed E-state index contributed by atoms with van der Waals surface area (Å²) in [4.78, 5) is 0. The van der Waals surface area contributed by atoms with Gasteiger partial charge < -0.3 is 14.6 Å². The van der Waals surface area contributed by atoms with Crippen LogP contribution in [-0.4, -0.2) is 11.2 Å². The Kier molecular flexibility index (Phi) is 7.13. The van der Waals surface area contributed by atoms with Gasteiger partial charge in [-0.15, -0.1) is 0 Å². The first-order valence-electron chi connectivity index (χ1n) is 8.78. The minimum Gasteiger partial charge on any atom is -0.491 e. The molecule has 1 unspecified atom stereocenters. The Hall–Kier alpha value is -2.00. The molecule has 0 heterocycles. The van der Waals surface area contributed by atoms with Crippen LogP contribution in [0, 0.1) is 0 Å². The molecule has 0 fully saturated rings. The molecule has 0 aliphatic carbocycles. The zero-order valence-corrected chi connectivity index (χ0v) is 14.9. The van der Waals surface area contributed by atoms with Gasteiger partial charge >= 0.3 is 0 Å². The molecule has 0 radical (unpaired) electrons. The fourth-order valence-corrected chi connectivity index (χ4v) is 2.49. The molecule has 0 saturated carbocycles. The van der Waals surface area contributed by atoms with E-state index in [1.54, 1.807) is 0 Å². The second-order valence-corrected chi connectivity index (χ2v) is 6.31. The number of hydrogen-bond acceptors (Lipinski definition) is 3. The first-order chi connectivity index (χ1) is 11.6.